The summed E-state index contributed by atoms with van der Waals surface area (Å²) >= 11 is 0. The first-order valence-electron chi connectivity index (χ1n) is 12.0. The van der Waals surface area contributed by atoms with E-state index in [0.29, 0.717) is 0 Å². The Balaban J connectivity index is 1.35. The number of fused-ring (bicyclic) bond motifs is 7. The van der Waals surface area contributed by atoms with Gasteiger partial charge in [0.25, 0.3) is 0 Å². The van der Waals surface area contributed by atoms with Crippen molar-refractivity contribution in [1.82, 2.24) is 0 Å². The zero-order valence-electron chi connectivity index (χ0n) is 19.4. The molecule has 4 heterocycles. The zero-order valence-corrected chi connectivity index (χ0v) is 19.4. The molecular formula is C31H28N2O+2. The van der Waals surface area contributed by atoms with Crippen LogP contribution in [0.2, 0.25) is 0 Å². The summed E-state index contributed by atoms with van der Waals surface area (Å²) in [7, 11) is 1.69. The van der Waals surface area contributed by atoms with Crippen LogP contribution in [-0.4, -0.2) is 7.11 Å². The molecule has 6 rings (SSSR count). The van der Waals surface area contributed by atoms with Gasteiger partial charge in [-0.1, -0.05) is 48.6 Å². The molecule has 0 unspecified atom stereocenters. The third-order valence-electron chi connectivity index (χ3n) is 6.94. The number of rotatable bonds is 4. The summed E-state index contributed by atoms with van der Waals surface area (Å²) in [5.41, 5.74) is 10.8. The second-order valence-electron chi connectivity index (χ2n) is 8.94. The molecule has 0 spiro atoms. The number of nitrogens with zero attached hydrogens (tertiary/aromatic N) is 2. The number of hydrogen-bond donors (Lipinski definition) is 0. The normalized spacial score (nSPS) is 13.9. The molecule has 3 nitrogen and oxygen atoms in total. The molecule has 2 aromatic carbocycles. The third-order valence-corrected chi connectivity index (χ3v) is 6.94. The van der Waals surface area contributed by atoms with Crippen molar-refractivity contribution in [2.75, 3.05) is 7.11 Å². The summed E-state index contributed by atoms with van der Waals surface area (Å²) in [6.07, 6.45) is 15.1. The summed E-state index contributed by atoms with van der Waals surface area (Å²) in [6, 6.07) is 23.9. The van der Waals surface area contributed by atoms with Gasteiger partial charge in [-0.25, -0.2) is 0 Å². The lowest BCUT2D eigenvalue weighted by atomic mass is 9.85. The van der Waals surface area contributed by atoms with Crippen LogP contribution in [0.5, 0.6) is 5.75 Å². The Bertz CT molecular complexity index is 1430. The van der Waals surface area contributed by atoms with E-state index < -0.39 is 0 Å². The van der Waals surface area contributed by atoms with Crippen LogP contribution in [0.15, 0.2) is 91.3 Å². The molecule has 0 aliphatic carbocycles. The van der Waals surface area contributed by atoms with Gasteiger partial charge in [-0.3, -0.25) is 0 Å². The molecule has 0 fully saturated rings. The molecule has 0 bridgehead atoms. The van der Waals surface area contributed by atoms with Gasteiger partial charge >= 0.3 is 0 Å². The second kappa shape index (κ2) is 8.75. The van der Waals surface area contributed by atoms with Crippen LogP contribution in [0.25, 0.3) is 34.7 Å². The minimum Gasteiger partial charge on any atom is -0.497 e. The highest BCUT2D eigenvalue weighted by Crippen LogP contribution is 2.39. The van der Waals surface area contributed by atoms with E-state index in [9.17, 15) is 0 Å². The Morgan fingerprint density at radius 2 is 1.35 bits per heavy atom. The first kappa shape index (κ1) is 20.6. The molecular weight excluding hydrogens is 416 g/mol. The highest BCUT2D eigenvalue weighted by atomic mass is 16.5. The van der Waals surface area contributed by atoms with E-state index in [1.807, 2.05) is 12.1 Å². The average Bonchev–Trinajstić information content (AvgIpc) is 2.90. The van der Waals surface area contributed by atoms with E-state index in [1.54, 1.807) is 7.11 Å². The Morgan fingerprint density at radius 3 is 2.09 bits per heavy atom. The van der Waals surface area contributed by atoms with E-state index in [2.05, 4.69) is 100 Å². The fraction of sp³-hybridized carbons (Fsp3) is 0.161. The van der Waals surface area contributed by atoms with Gasteiger partial charge in [0.1, 0.15) is 5.75 Å². The molecule has 0 atom stereocenters. The van der Waals surface area contributed by atoms with E-state index in [-0.39, 0.29) is 0 Å². The minimum absolute atomic E-state index is 0.878. The number of aryl methyl sites for hydroxylation is 4. The number of methoxy groups -OCH3 is 1. The maximum atomic E-state index is 5.24. The molecule has 4 aromatic rings. The summed E-state index contributed by atoms with van der Waals surface area (Å²) in [4.78, 5) is 0. The summed E-state index contributed by atoms with van der Waals surface area (Å²) < 4.78 is 10.0. The van der Waals surface area contributed by atoms with E-state index in [1.165, 1.54) is 39.2 Å². The van der Waals surface area contributed by atoms with Crippen molar-refractivity contribution in [2.24, 2.45) is 0 Å². The highest BCUT2D eigenvalue weighted by Gasteiger charge is 2.33. The largest absolute Gasteiger partial charge is 0.497 e. The molecule has 0 radical (unpaired) electrons. The van der Waals surface area contributed by atoms with Crippen molar-refractivity contribution in [1.29, 1.82) is 0 Å². The molecule has 0 saturated heterocycles. The molecule has 2 aromatic heterocycles. The van der Waals surface area contributed by atoms with Crippen molar-refractivity contribution in [2.45, 2.75) is 25.9 Å². The van der Waals surface area contributed by atoms with Gasteiger partial charge in [0.15, 0.2) is 25.5 Å². The van der Waals surface area contributed by atoms with E-state index in [4.69, 9.17) is 4.74 Å². The van der Waals surface area contributed by atoms with Crippen molar-refractivity contribution in [3.05, 3.63) is 114 Å². The van der Waals surface area contributed by atoms with Crippen molar-refractivity contribution in [3.63, 3.8) is 0 Å². The number of allylic oxidation sites excluding steroid dienone is 2. The van der Waals surface area contributed by atoms with E-state index >= 15 is 0 Å². The van der Waals surface area contributed by atoms with Crippen LogP contribution in [0.1, 0.15) is 22.3 Å². The van der Waals surface area contributed by atoms with Crippen molar-refractivity contribution >= 4 is 12.2 Å². The molecule has 0 amide bonds. The number of pyridine rings is 2. The highest BCUT2D eigenvalue weighted by molar-refractivity contribution is 5.84. The fourth-order valence-corrected chi connectivity index (χ4v) is 5.18. The van der Waals surface area contributed by atoms with Crippen molar-refractivity contribution < 1.29 is 13.9 Å². The first-order chi connectivity index (χ1) is 16.8. The lowest BCUT2D eigenvalue weighted by molar-refractivity contribution is -0.689. The fourth-order valence-electron chi connectivity index (χ4n) is 5.18. The lowest BCUT2D eigenvalue weighted by Crippen LogP contribution is -2.43. The number of ether oxygens (including phenoxy) is 1. The average molecular weight is 445 g/mol. The molecule has 0 saturated carbocycles. The van der Waals surface area contributed by atoms with Gasteiger partial charge < -0.3 is 4.74 Å². The number of hydrogen-bond acceptors (Lipinski definition) is 1. The first-order valence-corrected chi connectivity index (χ1v) is 12.0. The number of aromatic nitrogens is 2. The van der Waals surface area contributed by atoms with Crippen LogP contribution >= 0.6 is 0 Å². The quantitative estimate of drug-likeness (QED) is 0.302. The predicted octanol–water partition coefficient (Wildman–Crippen LogP) is 5.44. The monoisotopic (exact) mass is 444 g/mol. The molecule has 2 aliphatic heterocycles. The summed E-state index contributed by atoms with van der Waals surface area (Å²) in [5, 5.41) is 0. The third kappa shape index (κ3) is 3.73. The summed E-state index contributed by atoms with van der Waals surface area (Å²) in [5.74, 6) is 0.878. The molecule has 3 heteroatoms. The van der Waals surface area contributed by atoms with Gasteiger partial charge in [0, 0.05) is 37.1 Å². The smallest absolute Gasteiger partial charge is 0.214 e. The Kier molecular flexibility index (Phi) is 5.31. The second-order valence-corrected chi connectivity index (χ2v) is 8.94. The predicted molar refractivity (Wildman–Crippen MR) is 136 cm³/mol. The minimum atomic E-state index is 0.878. The van der Waals surface area contributed by atoms with Gasteiger partial charge in [-0.2, -0.15) is 9.13 Å². The standard InChI is InChI=1S/C31H28N2O/c1-34-27-13-9-23(10-14-27)6-2-3-7-24-15-19-33-21-17-26-12-11-25-16-20-32-18-5-4-8-28(32)30(25)31(26)29(33)22-24/h2-15,18-19,22H,16-17,20-21H2,1H3/q+2/b6-2+,7-3+. The van der Waals surface area contributed by atoms with Gasteiger partial charge in [-0.15, -0.1) is 0 Å². The molecule has 2 aliphatic rings. The molecule has 166 valence electrons. The van der Waals surface area contributed by atoms with Crippen LogP contribution in [0.4, 0.5) is 0 Å². The van der Waals surface area contributed by atoms with Crippen molar-refractivity contribution in [3.8, 4) is 28.3 Å². The SMILES string of the molecule is COc1ccc(/C=C/C=C/c2cc[n+]3c(c2)-c2c(ccc4c2-c2cccc[n+]2CC4)CC3)cc1. The van der Waals surface area contributed by atoms with Gasteiger partial charge in [-0.05, 0) is 40.5 Å². The van der Waals surface area contributed by atoms with Crippen LogP contribution in [0.3, 0.4) is 0 Å². The summed E-state index contributed by atoms with van der Waals surface area (Å²) in [6.45, 7) is 2.07. The number of benzene rings is 2. The Hall–Kier alpha value is -3.98. The van der Waals surface area contributed by atoms with Crippen LogP contribution in [0, 0.1) is 0 Å². The molecule has 34 heavy (non-hydrogen) atoms. The van der Waals surface area contributed by atoms with Crippen LogP contribution < -0.4 is 13.9 Å². The van der Waals surface area contributed by atoms with Gasteiger partial charge in [0.2, 0.25) is 11.4 Å². The maximum absolute atomic E-state index is 5.24. The van der Waals surface area contributed by atoms with E-state index in [0.717, 1.165) is 37.2 Å². The Labute approximate surface area is 200 Å². The lowest BCUT2D eigenvalue weighted by Gasteiger charge is -2.22. The topological polar surface area (TPSA) is 17.0 Å². The molecule has 0 N–H and O–H groups in total. The Morgan fingerprint density at radius 1 is 0.676 bits per heavy atom. The maximum Gasteiger partial charge on any atom is 0.214 e. The van der Waals surface area contributed by atoms with Gasteiger partial charge in [0.05, 0.1) is 18.2 Å². The van der Waals surface area contributed by atoms with Crippen LogP contribution in [-0.2, 0) is 25.9 Å². The zero-order chi connectivity index (χ0) is 22.9.